The van der Waals surface area contributed by atoms with Crippen LogP contribution in [0.3, 0.4) is 0 Å². The summed E-state index contributed by atoms with van der Waals surface area (Å²) in [6.07, 6.45) is 6.43. The maximum absolute atomic E-state index is 14.4. The van der Waals surface area contributed by atoms with Crippen LogP contribution in [0.2, 0.25) is 0 Å². The van der Waals surface area contributed by atoms with E-state index in [1.807, 2.05) is 26.0 Å². The molecule has 2 saturated heterocycles. The fourth-order valence-electron chi connectivity index (χ4n) is 6.99. The van der Waals surface area contributed by atoms with Crippen molar-refractivity contribution < 1.29 is 45.1 Å². The number of unbranched alkanes of at least 4 members (excludes halogenated alkanes) is 2. The van der Waals surface area contributed by atoms with Crippen LogP contribution in [0, 0.1) is 17.6 Å². The number of phosphoric ester groups is 2. The Labute approximate surface area is 299 Å². The molecule has 0 amide bonds. The number of allylic oxidation sites excluding steroid dienone is 3. The molecule has 6 atom stereocenters. The zero-order valence-corrected chi connectivity index (χ0v) is 31.1. The molecule has 8 nitrogen and oxygen atoms in total. The lowest BCUT2D eigenvalue weighted by Gasteiger charge is -2.35. The third kappa shape index (κ3) is 9.29. The molecule has 1 aliphatic carbocycles. The molecule has 0 radical (unpaired) electrons. The summed E-state index contributed by atoms with van der Waals surface area (Å²) >= 11 is 0. The monoisotopic (exact) mass is 742 g/mol. The van der Waals surface area contributed by atoms with Gasteiger partial charge in [0.2, 0.25) is 0 Å². The van der Waals surface area contributed by atoms with Crippen molar-refractivity contribution in [1.29, 1.82) is 0 Å². The van der Waals surface area contributed by atoms with E-state index in [-0.39, 0.29) is 36.5 Å². The van der Waals surface area contributed by atoms with Gasteiger partial charge < -0.3 is 9.05 Å². The number of benzene rings is 3. The number of phosphoric acid groups is 2. The van der Waals surface area contributed by atoms with Gasteiger partial charge in [-0.15, -0.1) is 0 Å². The summed E-state index contributed by atoms with van der Waals surface area (Å²) < 4.78 is 93.2. The van der Waals surface area contributed by atoms with E-state index in [1.165, 1.54) is 24.3 Å². The summed E-state index contributed by atoms with van der Waals surface area (Å²) in [5, 5.41) is 0. The van der Waals surface area contributed by atoms with Crippen molar-refractivity contribution in [3.8, 4) is 11.5 Å². The van der Waals surface area contributed by atoms with Crippen molar-refractivity contribution in [3.05, 3.63) is 118 Å². The van der Waals surface area contributed by atoms with Crippen LogP contribution >= 0.6 is 15.6 Å². The molecule has 3 aromatic rings. The molecule has 6 rings (SSSR count). The van der Waals surface area contributed by atoms with E-state index in [2.05, 4.69) is 19.6 Å². The predicted molar refractivity (Wildman–Crippen MR) is 192 cm³/mol. The zero-order chi connectivity index (χ0) is 36.2. The van der Waals surface area contributed by atoms with Crippen molar-refractivity contribution in [3.63, 3.8) is 0 Å². The quantitative estimate of drug-likeness (QED) is 0.103. The molecule has 0 saturated carbocycles. The molecular weight excluding hydrogens is 696 g/mol. The lowest BCUT2D eigenvalue weighted by molar-refractivity contribution is 0.0500. The molecule has 6 unspecified atom stereocenters. The summed E-state index contributed by atoms with van der Waals surface area (Å²) in [4.78, 5) is 0. The Balaban J connectivity index is 1.44. The molecule has 2 fully saturated rings. The van der Waals surface area contributed by atoms with Crippen LogP contribution in [0.5, 0.6) is 11.5 Å². The summed E-state index contributed by atoms with van der Waals surface area (Å²) in [6, 6.07) is 15.6. The molecule has 0 spiro atoms. The standard InChI is InChI=1S/C39H46F2O8P2/c1-5-6-7-10-28-22-37(48-50(42)44-19-17-35(46-50)29-11-8-13-31(40)24-29)39(34-21-27(4)15-16-33(34)26(2)3)38(23-28)49-51(43)45-20-18-36(47-51)30-12-9-14-32(41)25-30/h8-9,11-14,21-25,33-36H,2,5-7,10,15-20H2,1,3-4H3. The summed E-state index contributed by atoms with van der Waals surface area (Å²) in [6.45, 7) is 10.5. The summed E-state index contributed by atoms with van der Waals surface area (Å²) in [5.74, 6) is -0.933. The van der Waals surface area contributed by atoms with Crippen LogP contribution in [0.25, 0.3) is 0 Å². The van der Waals surface area contributed by atoms with E-state index >= 15 is 0 Å². The van der Waals surface area contributed by atoms with Crippen molar-refractivity contribution in [1.82, 2.24) is 0 Å². The van der Waals surface area contributed by atoms with Gasteiger partial charge >= 0.3 is 15.6 Å². The molecule has 0 bridgehead atoms. The van der Waals surface area contributed by atoms with Gasteiger partial charge in [-0.2, -0.15) is 0 Å². The second-order valence-electron chi connectivity index (χ2n) is 13.6. The fraction of sp³-hybridized carbons (Fsp3) is 0.436. The molecular formula is C39H46F2O8P2. The van der Waals surface area contributed by atoms with E-state index in [0.717, 1.165) is 48.8 Å². The van der Waals surface area contributed by atoms with Gasteiger partial charge in [-0.25, -0.2) is 17.9 Å². The minimum absolute atomic E-state index is 0.0581. The first-order chi connectivity index (χ1) is 24.4. The summed E-state index contributed by atoms with van der Waals surface area (Å²) in [7, 11) is -8.57. The van der Waals surface area contributed by atoms with Gasteiger partial charge in [-0.05, 0) is 98.5 Å². The average molecular weight is 743 g/mol. The number of hydrogen-bond acceptors (Lipinski definition) is 8. The predicted octanol–water partition coefficient (Wildman–Crippen LogP) is 12.0. The van der Waals surface area contributed by atoms with E-state index < -0.39 is 39.5 Å². The first-order valence-corrected chi connectivity index (χ1v) is 20.6. The van der Waals surface area contributed by atoms with Crippen molar-refractivity contribution in [2.45, 2.75) is 90.3 Å². The van der Waals surface area contributed by atoms with Crippen LogP contribution in [0.15, 0.2) is 84.5 Å². The van der Waals surface area contributed by atoms with Gasteiger partial charge in [-0.3, -0.25) is 18.1 Å². The second kappa shape index (κ2) is 16.3. The molecule has 274 valence electrons. The largest absolute Gasteiger partial charge is 0.530 e. The number of halogens is 2. The maximum Gasteiger partial charge on any atom is 0.530 e. The Morgan fingerprint density at radius 3 is 1.88 bits per heavy atom. The molecule has 2 heterocycles. The molecule has 0 N–H and O–H groups in total. The van der Waals surface area contributed by atoms with Gasteiger partial charge in [-0.1, -0.05) is 67.8 Å². The van der Waals surface area contributed by atoms with Crippen molar-refractivity contribution in [2.24, 2.45) is 5.92 Å². The van der Waals surface area contributed by atoms with Gasteiger partial charge in [0.15, 0.2) is 0 Å². The van der Waals surface area contributed by atoms with Crippen molar-refractivity contribution >= 4 is 15.6 Å². The average Bonchev–Trinajstić information content (AvgIpc) is 3.08. The molecule has 2 aliphatic heterocycles. The Kier molecular flexibility index (Phi) is 12.0. The number of rotatable bonds is 12. The minimum atomic E-state index is -4.28. The fourth-order valence-corrected chi connectivity index (χ4v) is 9.82. The van der Waals surface area contributed by atoms with Crippen LogP contribution in [0.1, 0.15) is 106 Å². The highest BCUT2D eigenvalue weighted by Gasteiger charge is 2.43. The first kappa shape index (κ1) is 37.7. The highest BCUT2D eigenvalue weighted by molar-refractivity contribution is 7.49. The minimum Gasteiger partial charge on any atom is -0.404 e. The lowest BCUT2D eigenvalue weighted by Crippen LogP contribution is -2.21. The Morgan fingerprint density at radius 2 is 1.39 bits per heavy atom. The van der Waals surface area contributed by atoms with E-state index in [4.69, 9.17) is 27.1 Å². The highest BCUT2D eigenvalue weighted by Crippen LogP contribution is 2.62. The molecule has 0 aromatic heterocycles. The molecule has 3 aliphatic rings. The normalized spacial score (nSPS) is 28.1. The van der Waals surface area contributed by atoms with Crippen LogP contribution in [-0.4, -0.2) is 13.2 Å². The van der Waals surface area contributed by atoms with E-state index in [9.17, 15) is 17.9 Å². The van der Waals surface area contributed by atoms with Crippen molar-refractivity contribution in [2.75, 3.05) is 13.2 Å². The SMILES string of the molecule is C=C(C)C1CCC(C)=CC1c1c(OP2(=O)OCCC(c3cccc(F)c3)O2)cc(CCCCC)cc1OP1(=O)OCCC(c2cccc(F)c2)O1. The van der Waals surface area contributed by atoms with Crippen LogP contribution in [-0.2, 0) is 33.6 Å². The van der Waals surface area contributed by atoms with Gasteiger partial charge in [0.25, 0.3) is 0 Å². The smallest absolute Gasteiger partial charge is 0.404 e. The molecule has 51 heavy (non-hydrogen) atoms. The van der Waals surface area contributed by atoms with Gasteiger partial charge in [0, 0.05) is 24.3 Å². The number of hydrogen-bond donors (Lipinski definition) is 0. The van der Waals surface area contributed by atoms with Crippen LogP contribution < -0.4 is 9.05 Å². The second-order valence-corrected chi connectivity index (χ2v) is 16.7. The topological polar surface area (TPSA) is 89.5 Å². The maximum atomic E-state index is 14.4. The van der Waals surface area contributed by atoms with Gasteiger partial charge in [0.1, 0.15) is 23.1 Å². The first-order valence-electron chi connectivity index (χ1n) is 17.7. The third-order valence-corrected chi connectivity index (χ3v) is 12.4. The molecule has 12 heteroatoms. The summed E-state index contributed by atoms with van der Waals surface area (Å²) in [5.41, 5.74) is 4.37. The zero-order valence-electron chi connectivity index (χ0n) is 29.4. The third-order valence-electron chi connectivity index (χ3n) is 9.58. The Hall–Kier alpha value is -3.10. The van der Waals surface area contributed by atoms with E-state index in [1.54, 1.807) is 24.3 Å². The molecule has 3 aromatic carbocycles. The van der Waals surface area contributed by atoms with Gasteiger partial charge in [0.05, 0.1) is 25.4 Å². The Bertz CT molecular complexity index is 1760. The van der Waals surface area contributed by atoms with Crippen LogP contribution in [0.4, 0.5) is 8.78 Å². The Morgan fingerprint density at radius 1 is 0.843 bits per heavy atom. The highest BCUT2D eigenvalue weighted by atomic mass is 31.2. The van der Waals surface area contributed by atoms with E-state index in [0.29, 0.717) is 36.0 Å². The number of aryl methyl sites for hydroxylation is 1. The lowest BCUT2D eigenvalue weighted by atomic mass is 9.73.